The van der Waals surface area contributed by atoms with Gasteiger partial charge in [0.15, 0.2) is 9.84 Å². The average Bonchev–Trinajstić information content (AvgIpc) is 2.44. The molecule has 120 valence electrons. The molecule has 2 aliphatic rings. The Morgan fingerprint density at radius 3 is 2.68 bits per heavy atom. The van der Waals surface area contributed by atoms with Crippen molar-refractivity contribution in [2.45, 2.75) is 24.8 Å². The summed E-state index contributed by atoms with van der Waals surface area (Å²) in [4.78, 5) is 14.7. The van der Waals surface area contributed by atoms with E-state index in [1.165, 1.54) is 0 Å². The number of hydrogen-bond donors (Lipinski definition) is 0. The number of halogens is 1. The van der Waals surface area contributed by atoms with E-state index in [0.717, 1.165) is 19.3 Å². The molecule has 1 aliphatic heterocycles. The number of ether oxygens (including phenoxy) is 1. The Balaban J connectivity index is 1.95. The number of sulfone groups is 1. The normalized spacial score (nSPS) is 22.2. The van der Waals surface area contributed by atoms with Gasteiger partial charge in [-0.3, -0.25) is 4.79 Å². The largest absolute Gasteiger partial charge is 0.497 e. The molecule has 1 saturated heterocycles. The molecular formula is C15H18BrNO4S. The fourth-order valence-corrected chi connectivity index (χ4v) is 5.57. The lowest BCUT2D eigenvalue weighted by Crippen LogP contribution is -2.64. The van der Waals surface area contributed by atoms with Crippen LogP contribution in [0.1, 0.15) is 29.6 Å². The zero-order valence-electron chi connectivity index (χ0n) is 12.3. The van der Waals surface area contributed by atoms with Crippen LogP contribution in [0.5, 0.6) is 5.75 Å². The van der Waals surface area contributed by atoms with Crippen molar-refractivity contribution in [3.05, 3.63) is 28.2 Å². The summed E-state index contributed by atoms with van der Waals surface area (Å²) >= 11 is 3.41. The Morgan fingerprint density at radius 1 is 1.36 bits per heavy atom. The molecule has 0 unspecified atom stereocenters. The fourth-order valence-electron chi connectivity index (χ4n) is 3.28. The number of hydrogen-bond acceptors (Lipinski definition) is 4. The SMILES string of the molecule is COc1ccc(Br)c(C(=O)N2CCS(=O)(=O)CC23CCC3)c1. The predicted molar refractivity (Wildman–Crippen MR) is 87.0 cm³/mol. The summed E-state index contributed by atoms with van der Waals surface area (Å²) in [6.07, 6.45) is 2.50. The van der Waals surface area contributed by atoms with Crippen LogP contribution in [0, 0.1) is 0 Å². The van der Waals surface area contributed by atoms with E-state index in [-0.39, 0.29) is 24.0 Å². The molecule has 22 heavy (non-hydrogen) atoms. The van der Waals surface area contributed by atoms with Crippen LogP contribution >= 0.6 is 15.9 Å². The molecule has 0 bridgehead atoms. The molecule has 3 rings (SSSR count). The minimum Gasteiger partial charge on any atom is -0.497 e. The lowest BCUT2D eigenvalue weighted by molar-refractivity contribution is 0.0257. The standard InChI is InChI=1S/C15H18BrNO4S/c1-21-11-3-4-13(16)12(9-11)14(18)17-7-8-22(19,20)10-15(17)5-2-6-15/h3-4,9H,2,5-8,10H2,1H3. The lowest BCUT2D eigenvalue weighted by Gasteiger charge is -2.52. The molecule has 1 spiro atoms. The first-order valence-corrected chi connectivity index (χ1v) is 9.84. The first-order chi connectivity index (χ1) is 10.4. The Labute approximate surface area is 138 Å². The summed E-state index contributed by atoms with van der Waals surface area (Å²) in [6, 6.07) is 5.25. The van der Waals surface area contributed by atoms with E-state index in [9.17, 15) is 13.2 Å². The number of carbonyl (C=O) groups is 1. The van der Waals surface area contributed by atoms with Gasteiger partial charge >= 0.3 is 0 Å². The molecule has 1 amide bonds. The molecule has 0 radical (unpaired) electrons. The topological polar surface area (TPSA) is 63.7 Å². The monoisotopic (exact) mass is 387 g/mol. The smallest absolute Gasteiger partial charge is 0.255 e. The highest BCUT2D eigenvalue weighted by molar-refractivity contribution is 9.10. The second-order valence-electron chi connectivity index (χ2n) is 5.97. The molecule has 1 saturated carbocycles. The maximum atomic E-state index is 13.0. The van der Waals surface area contributed by atoms with E-state index >= 15 is 0 Å². The molecule has 1 aliphatic carbocycles. The van der Waals surface area contributed by atoms with Gasteiger partial charge in [0.1, 0.15) is 5.75 Å². The first kappa shape index (κ1) is 15.8. The van der Waals surface area contributed by atoms with Crippen LogP contribution in [0.25, 0.3) is 0 Å². The number of benzene rings is 1. The van der Waals surface area contributed by atoms with Crippen molar-refractivity contribution in [3.63, 3.8) is 0 Å². The molecular weight excluding hydrogens is 370 g/mol. The highest BCUT2D eigenvalue weighted by atomic mass is 79.9. The summed E-state index contributed by atoms with van der Waals surface area (Å²) in [5.74, 6) is 0.620. The Morgan fingerprint density at radius 2 is 2.09 bits per heavy atom. The predicted octanol–water partition coefficient (Wildman–Crippen LogP) is 2.25. The summed E-state index contributed by atoms with van der Waals surface area (Å²) in [7, 11) is -1.50. The highest BCUT2D eigenvalue weighted by Crippen LogP contribution is 2.42. The second-order valence-corrected chi connectivity index (χ2v) is 9.01. The lowest BCUT2D eigenvalue weighted by atomic mass is 9.76. The van der Waals surface area contributed by atoms with Gasteiger partial charge in [-0.2, -0.15) is 0 Å². The maximum Gasteiger partial charge on any atom is 0.255 e. The van der Waals surface area contributed by atoms with Gasteiger partial charge in [-0.1, -0.05) is 0 Å². The minimum atomic E-state index is -3.05. The quantitative estimate of drug-likeness (QED) is 0.780. The molecule has 1 heterocycles. The van der Waals surface area contributed by atoms with E-state index in [0.29, 0.717) is 15.8 Å². The summed E-state index contributed by atoms with van der Waals surface area (Å²) in [6.45, 7) is 0.269. The molecule has 1 aromatic carbocycles. The van der Waals surface area contributed by atoms with Crippen molar-refractivity contribution >= 4 is 31.7 Å². The van der Waals surface area contributed by atoms with Crippen LogP contribution in [-0.2, 0) is 9.84 Å². The van der Waals surface area contributed by atoms with Crippen LogP contribution in [0.3, 0.4) is 0 Å². The fraction of sp³-hybridized carbons (Fsp3) is 0.533. The van der Waals surface area contributed by atoms with Gasteiger partial charge in [-0.15, -0.1) is 0 Å². The number of carbonyl (C=O) groups excluding carboxylic acids is 1. The molecule has 2 fully saturated rings. The third kappa shape index (κ3) is 2.65. The average molecular weight is 388 g/mol. The molecule has 5 nitrogen and oxygen atoms in total. The molecule has 0 N–H and O–H groups in total. The molecule has 7 heteroatoms. The van der Waals surface area contributed by atoms with Gasteiger partial charge < -0.3 is 9.64 Å². The number of amides is 1. The van der Waals surface area contributed by atoms with E-state index in [1.54, 1.807) is 30.2 Å². The van der Waals surface area contributed by atoms with Crippen molar-refractivity contribution < 1.29 is 17.9 Å². The van der Waals surface area contributed by atoms with Crippen LogP contribution in [0.15, 0.2) is 22.7 Å². The van der Waals surface area contributed by atoms with Gasteiger partial charge in [0.25, 0.3) is 5.91 Å². The number of rotatable bonds is 2. The highest BCUT2D eigenvalue weighted by Gasteiger charge is 2.50. The molecule has 0 aromatic heterocycles. The second kappa shape index (κ2) is 5.53. The van der Waals surface area contributed by atoms with Crippen LogP contribution < -0.4 is 4.74 Å². The van der Waals surface area contributed by atoms with Gasteiger partial charge in [-0.05, 0) is 53.4 Å². The zero-order chi connectivity index (χ0) is 16.0. The molecule has 0 atom stereocenters. The first-order valence-electron chi connectivity index (χ1n) is 7.23. The van der Waals surface area contributed by atoms with Crippen LogP contribution in [0.4, 0.5) is 0 Å². The van der Waals surface area contributed by atoms with E-state index < -0.39 is 15.4 Å². The Kier molecular flexibility index (Phi) is 3.97. The Hall–Kier alpha value is -1.08. The van der Waals surface area contributed by atoms with Gasteiger partial charge in [0.05, 0.1) is 29.7 Å². The van der Waals surface area contributed by atoms with Crippen molar-refractivity contribution in [2.75, 3.05) is 25.2 Å². The van der Waals surface area contributed by atoms with E-state index in [1.807, 2.05) is 0 Å². The Bertz CT molecular complexity index is 712. The minimum absolute atomic E-state index is 0.0437. The zero-order valence-corrected chi connectivity index (χ0v) is 14.7. The van der Waals surface area contributed by atoms with Crippen LogP contribution in [-0.4, -0.2) is 49.9 Å². The van der Waals surface area contributed by atoms with Crippen molar-refractivity contribution in [1.29, 1.82) is 0 Å². The van der Waals surface area contributed by atoms with E-state index in [2.05, 4.69) is 15.9 Å². The van der Waals surface area contributed by atoms with Gasteiger partial charge in [0, 0.05) is 11.0 Å². The van der Waals surface area contributed by atoms with Gasteiger partial charge in [0.2, 0.25) is 0 Å². The third-order valence-electron chi connectivity index (χ3n) is 4.62. The number of nitrogens with zero attached hydrogens (tertiary/aromatic N) is 1. The molecule has 1 aromatic rings. The van der Waals surface area contributed by atoms with Crippen molar-refractivity contribution in [1.82, 2.24) is 4.90 Å². The van der Waals surface area contributed by atoms with Crippen molar-refractivity contribution in [3.8, 4) is 5.75 Å². The number of methoxy groups -OCH3 is 1. The summed E-state index contributed by atoms with van der Waals surface area (Å²) in [5, 5.41) is 0. The third-order valence-corrected chi connectivity index (χ3v) is 7.09. The summed E-state index contributed by atoms with van der Waals surface area (Å²) in [5.41, 5.74) is 0.0152. The summed E-state index contributed by atoms with van der Waals surface area (Å²) < 4.78 is 29.8. The van der Waals surface area contributed by atoms with Crippen LogP contribution in [0.2, 0.25) is 0 Å². The van der Waals surface area contributed by atoms with Gasteiger partial charge in [-0.25, -0.2) is 8.42 Å². The van der Waals surface area contributed by atoms with E-state index in [4.69, 9.17) is 4.74 Å². The maximum absolute atomic E-state index is 13.0. The van der Waals surface area contributed by atoms with Crippen molar-refractivity contribution in [2.24, 2.45) is 0 Å².